The largest absolute Gasteiger partial charge is 0.299 e. The van der Waals surface area contributed by atoms with Crippen molar-refractivity contribution < 1.29 is 4.79 Å². The van der Waals surface area contributed by atoms with Gasteiger partial charge in [0.2, 0.25) is 0 Å². The Hall–Kier alpha value is -1.10. The maximum atomic E-state index is 11.3. The number of unbranched alkanes of at least 4 members (excludes halogenated alkanes) is 4. The molecule has 1 unspecified atom stereocenters. The van der Waals surface area contributed by atoms with Crippen LogP contribution >= 0.6 is 0 Å². The van der Waals surface area contributed by atoms with Gasteiger partial charge in [0.15, 0.2) is 0 Å². The van der Waals surface area contributed by atoms with Crippen LogP contribution < -0.4 is 0 Å². The van der Waals surface area contributed by atoms with Gasteiger partial charge in [0.1, 0.15) is 5.78 Å². The van der Waals surface area contributed by atoms with E-state index in [0.717, 1.165) is 25.7 Å². The topological polar surface area (TPSA) is 40.9 Å². The third-order valence-corrected chi connectivity index (χ3v) is 2.32. The highest BCUT2D eigenvalue weighted by Crippen LogP contribution is 2.09. The average Bonchev–Trinajstić information content (AvgIpc) is 2.21. The van der Waals surface area contributed by atoms with Crippen LogP contribution in [0.15, 0.2) is 12.7 Å². The predicted octanol–water partition coefficient (Wildman–Crippen LogP) is 3.24. The van der Waals surface area contributed by atoms with Crippen molar-refractivity contribution in [1.82, 2.24) is 0 Å². The van der Waals surface area contributed by atoms with Crippen molar-refractivity contribution in [2.24, 2.45) is 5.92 Å². The Bertz CT molecular complexity index is 215. The predicted molar refractivity (Wildman–Crippen MR) is 57.7 cm³/mol. The Labute approximate surface area is 86.6 Å². The van der Waals surface area contributed by atoms with E-state index in [1.165, 1.54) is 0 Å². The molecule has 14 heavy (non-hydrogen) atoms. The zero-order valence-electron chi connectivity index (χ0n) is 8.96. The van der Waals surface area contributed by atoms with Crippen molar-refractivity contribution in [3.8, 4) is 6.07 Å². The third kappa shape index (κ3) is 6.42. The van der Waals surface area contributed by atoms with Crippen molar-refractivity contribution in [1.29, 1.82) is 5.26 Å². The highest BCUT2D eigenvalue weighted by Gasteiger charge is 2.07. The zero-order valence-corrected chi connectivity index (χ0v) is 8.96. The van der Waals surface area contributed by atoms with Gasteiger partial charge in [0, 0.05) is 18.8 Å². The molecule has 2 heteroatoms. The molecule has 0 N–H and O–H groups in total. The van der Waals surface area contributed by atoms with Gasteiger partial charge in [0.25, 0.3) is 0 Å². The van der Waals surface area contributed by atoms with Gasteiger partial charge in [0.05, 0.1) is 6.07 Å². The van der Waals surface area contributed by atoms with E-state index in [9.17, 15) is 4.79 Å². The highest BCUT2D eigenvalue weighted by atomic mass is 16.1. The molecule has 0 bridgehead atoms. The van der Waals surface area contributed by atoms with E-state index in [1.54, 1.807) is 6.08 Å². The summed E-state index contributed by atoms with van der Waals surface area (Å²) >= 11 is 0. The molecule has 0 aromatic carbocycles. The number of carbonyl (C=O) groups is 1. The van der Waals surface area contributed by atoms with Crippen molar-refractivity contribution in [2.45, 2.75) is 45.4 Å². The van der Waals surface area contributed by atoms with Gasteiger partial charge in [-0.1, -0.05) is 25.8 Å². The van der Waals surface area contributed by atoms with Gasteiger partial charge in [-0.25, -0.2) is 0 Å². The van der Waals surface area contributed by atoms with Crippen LogP contribution in [0, 0.1) is 17.2 Å². The summed E-state index contributed by atoms with van der Waals surface area (Å²) in [6, 6.07) is 2.11. The van der Waals surface area contributed by atoms with Crippen LogP contribution in [-0.2, 0) is 4.79 Å². The standard InChI is InChI=1S/C12H19NO/c1-3-11(2)12(14)9-7-5-4-6-8-10-13/h3,11H,1,4-9H2,2H3. The lowest BCUT2D eigenvalue weighted by Crippen LogP contribution is -2.07. The molecule has 0 saturated carbocycles. The maximum absolute atomic E-state index is 11.3. The van der Waals surface area contributed by atoms with E-state index >= 15 is 0 Å². The first kappa shape index (κ1) is 12.9. The fourth-order valence-corrected chi connectivity index (χ4v) is 1.22. The number of hydrogen-bond acceptors (Lipinski definition) is 2. The van der Waals surface area contributed by atoms with Crippen LogP contribution in [0.25, 0.3) is 0 Å². The van der Waals surface area contributed by atoms with Gasteiger partial charge in [-0.3, -0.25) is 4.79 Å². The summed E-state index contributed by atoms with van der Waals surface area (Å²) in [7, 11) is 0. The molecule has 0 radical (unpaired) electrons. The second kappa shape index (κ2) is 8.50. The minimum atomic E-state index is -0.00546. The molecule has 0 amide bonds. The number of nitrogens with zero attached hydrogens (tertiary/aromatic N) is 1. The Morgan fingerprint density at radius 3 is 2.64 bits per heavy atom. The first-order valence-electron chi connectivity index (χ1n) is 5.24. The molecule has 0 aliphatic carbocycles. The highest BCUT2D eigenvalue weighted by molar-refractivity contribution is 5.82. The lowest BCUT2D eigenvalue weighted by molar-refractivity contribution is -0.121. The molecule has 0 aromatic heterocycles. The van der Waals surface area contributed by atoms with Crippen LogP contribution in [-0.4, -0.2) is 5.78 Å². The molecule has 1 atom stereocenters. The summed E-state index contributed by atoms with van der Waals surface area (Å²) in [5.74, 6) is 0.273. The van der Waals surface area contributed by atoms with Crippen molar-refractivity contribution in [3.63, 3.8) is 0 Å². The lowest BCUT2D eigenvalue weighted by atomic mass is 10.0. The quantitative estimate of drug-likeness (QED) is 0.438. The Balaban J connectivity index is 3.32. The molecule has 78 valence electrons. The van der Waals surface area contributed by atoms with E-state index in [2.05, 4.69) is 12.6 Å². The van der Waals surface area contributed by atoms with Crippen molar-refractivity contribution >= 4 is 5.78 Å². The summed E-state index contributed by atoms with van der Waals surface area (Å²) in [6.07, 6.45) is 7.00. The fraction of sp³-hybridized carbons (Fsp3) is 0.667. The zero-order chi connectivity index (χ0) is 10.8. The number of allylic oxidation sites excluding steroid dienone is 1. The molecule has 0 aromatic rings. The average molecular weight is 193 g/mol. The molecular weight excluding hydrogens is 174 g/mol. The van der Waals surface area contributed by atoms with Crippen molar-refractivity contribution in [3.05, 3.63) is 12.7 Å². The van der Waals surface area contributed by atoms with Gasteiger partial charge < -0.3 is 0 Å². The fourth-order valence-electron chi connectivity index (χ4n) is 1.22. The van der Waals surface area contributed by atoms with E-state index in [4.69, 9.17) is 5.26 Å². The second-order valence-electron chi connectivity index (χ2n) is 3.56. The molecular formula is C12H19NO. The molecule has 0 aliphatic rings. The van der Waals surface area contributed by atoms with Gasteiger partial charge in [-0.15, -0.1) is 6.58 Å². The van der Waals surface area contributed by atoms with Crippen LogP contribution in [0.4, 0.5) is 0 Å². The molecule has 0 spiro atoms. The molecule has 0 aliphatic heterocycles. The normalized spacial score (nSPS) is 11.7. The summed E-state index contributed by atoms with van der Waals surface area (Å²) in [4.78, 5) is 11.3. The third-order valence-electron chi connectivity index (χ3n) is 2.32. The van der Waals surface area contributed by atoms with Crippen molar-refractivity contribution in [2.75, 3.05) is 0 Å². The van der Waals surface area contributed by atoms with Crippen LogP contribution in [0.2, 0.25) is 0 Å². The van der Waals surface area contributed by atoms with E-state index in [0.29, 0.717) is 12.8 Å². The monoisotopic (exact) mass is 193 g/mol. The number of hydrogen-bond donors (Lipinski definition) is 0. The summed E-state index contributed by atoms with van der Waals surface area (Å²) in [6.45, 7) is 5.47. The molecule has 0 heterocycles. The summed E-state index contributed by atoms with van der Waals surface area (Å²) < 4.78 is 0. The Morgan fingerprint density at radius 1 is 1.43 bits per heavy atom. The van der Waals surface area contributed by atoms with Crippen LogP contribution in [0.5, 0.6) is 0 Å². The first-order chi connectivity index (χ1) is 6.72. The van der Waals surface area contributed by atoms with Gasteiger partial charge in [-0.05, 0) is 12.8 Å². The van der Waals surface area contributed by atoms with E-state index in [-0.39, 0.29) is 11.7 Å². The second-order valence-corrected chi connectivity index (χ2v) is 3.56. The minimum absolute atomic E-state index is 0.00546. The van der Waals surface area contributed by atoms with Gasteiger partial charge >= 0.3 is 0 Å². The van der Waals surface area contributed by atoms with Crippen LogP contribution in [0.3, 0.4) is 0 Å². The molecule has 0 fully saturated rings. The smallest absolute Gasteiger partial charge is 0.139 e. The van der Waals surface area contributed by atoms with E-state index in [1.807, 2.05) is 6.92 Å². The SMILES string of the molecule is C=CC(C)C(=O)CCCCCCC#N. The Kier molecular flexibility index (Phi) is 7.83. The number of carbonyl (C=O) groups excluding carboxylic acids is 1. The molecule has 0 rings (SSSR count). The number of ketones is 1. The number of rotatable bonds is 8. The van der Waals surface area contributed by atoms with Crippen LogP contribution in [0.1, 0.15) is 45.4 Å². The molecule has 2 nitrogen and oxygen atoms in total. The number of Topliss-reactive ketones (excluding diaryl/α,β-unsaturated/α-hetero) is 1. The first-order valence-corrected chi connectivity index (χ1v) is 5.24. The maximum Gasteiger partial charge on any atom is 0.139 e. The summed E-state index contributed by atoms with van der Waals surface area (Å²) in [5.41, 5.74) is 0. The lowest BCUT2D eigenvalue weighted by Gasteiger charge is -2.03. The number of nitriles is 1. The minimum Gasteiger partial charge on any atom is -0.299 e. The van der Waals surface area contributed by atoms with Gasteiger partial charge in [-0.2, -0.15) is 5.26 Å². The van der Waals surface area contributed by atoms with E-state index < -0.39 is 0 Å². The Morgan fingerprint density at radius 2 is 2.07 bits per heavy atom. The summed E-state index contributed by atoms with van der Waals surface area (Å²) in [5, 5.41) is 8.30. The molecule has 0 saturated heterocycles.